The average Bonchev–Trinajstić information content (AvgIpc) is 2.27. The number of nitrogens with two attached hydrogens (primary N) is 1. The number of amides is 1. The topological polar surface area (TPSA) is 75.3 Å². The molecular weight excluding hydrogens is 223 g/mol. The third-order valence-corrected chi connectivity index (χ3v) is 2.36. The number of nitrogens with one attached hydrogen (secondary N) is 1. The van der Waals surface area contributed by atoms with Gasteiger partial charge in [0.25, 0.3) is 0 Å². The monoisotopic (exact) mass is 240 g/mol. The van der Waals surface area contributed by atoms with Crippen molar-refractivity contribution < 1.29 is 14.3 Å². The Morgan fingerprint density at radius 2 is 2.29 bits per heavy atom. The zero-order valence-electron chi connectivity index (χ0n) is 9.74. The molecule has 0 aliphatic carbocycles. The predicted octanol–water partition coefficient (Wildman–Crippen LogP) is 1.56. The maximum absolute atomic E-state index is 13.1. The molecule has 0 saturated carbocycles. The van der Waals surface area contributed by atoms with Gasteiger partial charge in [-0.2, -0.15) is 0 Å². The van der Waals surface area contributed by atoms with E-state index in [1.165, 1.54) is 25.1 Å². The van der Waals surface area contributed by atoms with Gasteiger partial charge in [-0.3, -0.25) is 4.79 Å². The molecule has 1 unspecified atom stereocenters. The molecule has 5 heteroatoms. The highest BCUT2D eigenvalue weighted by Crippen LogP contribution is 2.27. The molecule has 0 spiro atoms. The molecule has 1 aromatic carbocycles. The summed E-state index contributed by atoms with van der Waals surface area (Å²) in [7, 11) is 0. The standard InChI is InChI=1S/C12H17FN2O2/c1-8(16)15-11-5-4-9(13)7-10(11)12(17)3-2-6-14/h4-5,7,12,17H,2-3,6,14H2,1H3,(H,15,16). The smallest absolute Gasteiger partial charge is 0.221 e. The number of anilines is 1. The van der Waals surface area contributed by atoms with E-state index < -0.39 is 11.9 Å². The number of aliphatic hydroxyl groups is 1. The minimum atomic E-state index is -0.823. The fourth-order valence-corrected chi connectivity index (χ4v) is 1.58. The van der Waals surface area contributed by atoms with Crippen molar-refractivity contribution in [3.8, 4) is 0 Å². The number of carbonyl (C=O) groups excluding carboxylic acids is 1. The Hall–Kier alpha value is -1.46. The van der Waals surface area contributed by atoms with Crippen LogP contribution in [0.1, 0.15) is 31.4 Å². The lowest BCUT2D eigenvalue weighted by Gasteiger charge is -2.15. The Morgan fingerprint density at radius 1 is 1.59 bits per heavy atom. The highest BCUT2D eigenvalue weighted by atomic mass is 19.1. The molecule has 0 bridgehead atoms. The lowest BCUT2D eigenvalue weighted by Crippen LogP contribution is -2.11. The molecule has 94 valence electrons. The van der Waals surface area contributed by atoms with Crippen molar-refractivity contribution >= 4 is 11.6 Å². The van der Waals surface area contributed by atoms with Gasteiger partial charge in [0.2, 0.25) is 5.91 Å². The summed E-state index contributed by atoms with van der Waals surface area (Å²) in [4.78, 5) is 11.0. The first-order valence-electron chi connectivity index (χ1n) is 5.49. The number of carbonyl (C=O) groups is 1. The van der Waals surface area contributed by atoms with Crippen LogP contribution in [0.5, 0.6) is 0 Å². The van der Waals surface area contributed by atoms with Crippen LogP contribution in [-0.4, -0.2) is 17.6 Å². The SMILES string of the molecule is CC(=O)Nc1ccc(F)cc1C(O)CCCN. The van der Waals surface area contributed by atoms with E-state index in [9.17, 15) is 14.3 Å². The second kappa shape index (κ2) is 6.32. The Balaban J connectivity index is 2.93. The van der Waals surface area contributed by atoms with E-state index >= 15 is 0 Å². The molecule has 4 N–H and O–H groups in total. The summed E-state index contributed by atoms with van der Waals surface area (Å²) in [5.74, 6) is -0.704. The lowest BCUT2D eigenvalue weighted by molar-refractivity contribution is -0.114. The van der Waals surface area contributed by atoms with Gasteiger partial charge in [0.15, 0.2) is 0 Å². The van der Waals surface area contributed by atoms with Crippen molar-refractivity contribution in [1.29, 1.82) is 0 Å². The van der Waals surface area contributed by atoms with Crippen molar-refractivity contribution in [1.82, 2.24) is 0 Å². The number of rotatable bonds is 5. The quantitative estimate of drug-likeness (QED) is 0.731. The number of hydrogen-bond donors (Lipinski definition) is 3. The van der Waals surface area contributed by atoms with Crippen LogP contribution in [0.3, 0.4) is 0 Å². The molecule has 4 nitrogen and oxygen atoms in total. The van der Waals surface area contributed by atoms with Gasteiger partial charge >= 0.3 is 0 Å². The van der Waals surface area contributed by atoms with E-state index in [0.717, 1.165) is 0 Å². The number of aliphatic hydroxyl groups excluding tert-OH is 1. The molecule has 0 aromatic heterocycles. The summed E-state index contributed by atoms with van der Waals surface area (Å²) < 4.78 is 13.1. The molecule has 0 aliphatic rings. The highest BCUT2D eigenvalue weighted by molar-refractivity contribution is 5.89. The first-order valence-corrected chi connectivity index (χ1v) is 5.49. The molecule has 0 fully saturated rings. The van der Waals surface area contributed by atoms with Crippen molar-refractivity contribution in [3.63, 3.8) is 0 Å². The van der Waals surface area contributed by atoms with Crippen molar-refractivity contribution in [3.05, 3.63) is 29.6 Å². The maximum Gasteiger partial charge on any atom is 0.221 e. The van der Waals surface area contributed by atoms with Gasteiger partial charge in [-0.05, 0) is 37.6 Å². The minimum absolute atomic E-state index is 0.260. The van der Waals surface area contributed by atoms with Crippen LogP contribution >= 0.6 is 0 Å². The van der Waals surface area contributed by atoms with Gasteiger partial charge in [-0.25, -0.2) is 4.39 Å². The van der Waals surface area contributed by atoms with Crippen LogP contribution in [-0.2, 0) is 4.79 Å². The van der Waals surface area contributed by atoms with Crippen molar-refractivity contribution in [2.45, 2.75) is 25.9 Å². The molecule has 1 amide bonds. The fraction of sp³-hybridized carbons (Fsp3) is 0.417. The van der Waals surface area contributed by atoms with E-state index in [1.54, 1.807) is 0 Å². The first kappa shape index (κ1) is 13.6. The summed E-state index contributed by atoms with van der Waals surface area (Å²) >= 11 is 0. The molecule has 0 heterocycles. The zero-order chi connectivity index (χ0) is 12.8. The van der Waals surface area contributed by atoms with Crippen molar-refractivity contribution in [2.75, 3.05) is 11.9 Å². The Labute approximate surface area is 99.6 Å². The van der Waals surface area contributed by atoms with E-state index in [0.29, 0.717) is 30.6 Å². The van der Waals surface area contributed by atoms with Gasteiger partial charge in [0.05, 0.1) is 6.10 Å². The molecule has 1 atom stereocenters. The second-order valence-corrected chi connectivity index (χ2v) is 3.86. The van der Waals surface area contributed by atoms with Gasteiger partial charge < -0.3 is 16.2 Å². The van der Waals surface area contributed by atoms with Crippen molar-refractivity contribution in [2.24, 2.45) is 5.73 Å². The van der Waals surface area contributed by atoms with Gasteiger partial charge in [-0.1, -0.05) is 0 Å². The fourth-order valence-electron chi connectivity index (χ4n) is 1.58. The first-order chi connectivity index (χ1) is 8.04. The highest BCUT2D eigenvalue weighted by Gasteiger charge is 2.14. The van der Waals surface area contributed by atoms with E-state index in [-0.39, 0.29) is 5.91 Å². The lowest BCUT2D eigenvalue weighted by atomic mass is 10.0. The molecule has 0 radical (unpaired) electrons. The largest absolute Gasteiger partial charge is 0.388 e. The van der Waals surface area contributed by atoms with Crippen LogP contribution < -0.4 is 11.1 Å². The van der Waals surface area contributed by atoms with E-state index in [2.05, 4.69) is 5.32 Å². The summed E-state index contributed by atoms with van der Waals surface area (Å²) in [6, 6.07) is 3.91. The van der Waals surface area contributed by atoms with Crippen LogP contribution in [0.25, 0.3) is 0 Å². The number of benzene rings is 1. The van der Waals surface area contributed by atoms with Crippen LogP contribution in [0.4, 0.5) is 10.1 Å². The van der Waals surface area contributed by atoms with Crippen LogP contribution in [0.15, 0.2) is 18.2 Å². The average molecular weight is 240 g/mol. The summed E-state index contributed by atoms with van der Waals surface area (Å²) in [5.41, 5.74) is 6.17. The van der Waals surface area contributed by atoms with Gasteiger partial charge in [-0.15, -0.1) is 0 Å². The minimum Gasteiger partial charge on any atom is -0.388 e. The Bertz CT molecular complexity index is 396. The van der Waals surface area contributed by atoms with Crippen LogP contribution in [0, 0.1) is 5.82 Å². The maximum atomic E-state index is 13.1. The van der Waals surface area contributed by atoms with E-state index in [1.807, 2.05) is 0 Å². The summed E-state index contributed by atoms with van der Waals surface area (Å²) in [6.45, 7) is 1.82. The molecule has 17 heavy (non-hydrogen) atoms. The third kappa shape index (κ3) is 4.13. The normalized spacial score (nSPS) is 12.2. The van der Waals surface area contributed by atoms with E-state index in [4.69, 9.17) is 5.73 Å². The Kier molecular flexibility index (Phi) is 5.06. The summed E-state index contributed by atoms with van der Waals surface area (Å²) in [6.07, 6.45) is 0.250. The number of halogens is 1. The molecule has 1 rings (SSSR count). The van der Waals surface area contributed by atoms with Crippen LogP contribution in [0.2, 0.25) is 0 Å². The molecular formula is C12H17FN2O2. The molecule has 0 aliphatic heterocycles. The van der Waals surface area contributed by atoms with Gasteiger partial charge in [0, 0.05) is 18.2 Å². The van der Waals surface area contributed by atoms with Gasteiger partial charge in [0.1, 0.15) is 5.82 Å². The zero-order valence-corrected chi connectivity index (χ0v) is 9.74. The summed E-state index contributed by atoms with van der Waals surface area (Å²) in [5, 5.41) is 12.5. The Morgan fingerprint density at radius 3 is 2.88 bits per heavy atom. The second-order valence-electron chi connectivity index (χ2n) is 3.86. The molecule has 1 aromatic rings. The third-order valence-electron chi connectivity index (χ3n) is 2.36. The number of hydrogen-bond acceptors (Lipinski definition) is 3. The predicted molar refractivity (Wildman–Crippen MR) is 64.0 cm³/mol. The molecule has 0 saturated heterocycles.